The van der Waals surface area contributed by atoms with Gasteiger partial charge in [0.25, 0.3) is 5.91 Å². The van der Waals surface area contributed by atoms with Gasteiger partial charge < -0.3 is 25.2 Å². The van der Waals surface area contributed by atoms with Crippen LogP contribution >= 0.6 is 0 Å². The van der Waals surface area contributed by atoms with Gasteiger partial charge in [0.2, 0.25) is 5.91 Å². The number of halogens is 2. The highest BCUT2D eigenvalue weighted by Gasteiger charge is 2.53. The summed E-state index contributed by atoms with van der Waals surface area (Å²) in [7, 11) is 0. The number of nitrogens with one attached hydrogen (secondary N) is 2. The number of carbonyl (C=O) groups is 3. The fraction of sp³-hybridized carbons (Fsp3) is 0.333. The van der Waals surface area contributed by atoms with Gasteiger partial charge in [0.05, 0.1) is 11.1 Å². The number of aryl methyl sites for hydroxylation is 1. The molecule has 3 aromatic rings. The number of pyridine rings is 1. The highest BCUT2D eigenvalue weighted by molar-refractivity contribution is 6.01. The molecule has 1 aliphatic carbocycles. The first-order chi connectivity index (χ1) is 19.6. The Kier molecular flexibility index (Phi) is 7.61. The van der Waals surface area contributed by atoms with Crippen molar-refractivity contribution in [3.8, 4) is 22.8 Å². The summed E-state index contributed by atoms with van der Waals surface area (Å²) in [6.45, 7) is 2.32. The van der Waals surface area contributed by atoms with Crippen LogP contribution in [-0.2, 0) is 15.0 Å². The Bertz CT molecular complexity index is 1510. The second kappa shape index (κ2) is 11.1. The molecule has 3 N–H and O–H groups in total. The average Bonchev–Trinajstić information content (AvgIpc) is 3.68. The molecule has 0 radical (unpaired) electrons. The number of carbonyl (C=O) groups excluding carboxylic acids is 2. The van der Waals surface area contributed by atoms with Gasteiger partial charge >= 0.3 is 12.3 Å². The molecule has 41 heavy (non-hydrogen) atoms. The third-order valence-corrected chi connectivity index (χ3v) is 7.23. The van der Waals surface area contributed by atoms with E-state index in [0.29, 0.717) is 66.9 Å². The topological polar surface area (TPSA) is 127 Å². The van der Waals surface area contributed by atoms with Gasteiger partial charge in [-0.05, 0) is 74.1 Å². The van der Waals surface area contributed by atoms with E-state index in [2.05, 4.69) is 25.1 Å². The molecule has 2 amide bonds. The predicted octanol–water partition coefficient (Wildman–Crippen LogP) is 5.42. The van der Waals surface area contributed by atoms with E-state index >= 15 is 0 Å². The molecule has 1 aliphatic heterocycles. The highest BCUT2D eigenvalue weighted by Crippen LogP contribution is 2.52. The van der Waals surface area contributed by atoms with Crippen LogP contribution < -0.4 is 20.1 Å². The van der Waals surface area contributed by atoms with Crippen molar-refractivity contribution in [3.05, 3.63) is 71.3 Å². The summed E-state index contributed by atoms with van der Waals surface area (Å²) in [5, 5.41) is 14.4. The lowest BCUT2D eigenvalue weighted by molar-refractivity contribution is -0.286. The fourth-order valence-electron chi connectivity index (χ4n) is 4.83. The molecule has 0 saturated heterocycles. The highest BCUT2D eigenvalue weighted by atomic mass is 19.3. The number of hydrogen-bond acceptors (Lipinski definition) is 6. The third kappa shape index (κ3) is 6.29. The van der Waals surface area contributed by atoms with E-state index in [1.54, 1.807) is 30.3 Å². The first kappa shape index (κ1) is 28.0. The van der Waals surface area contributed by atoms with Gasteiger partial charge in [-0.1, -0.05) is 30.7 Å². The van der Waals surface area contributed by atoms with E-state index in [0.717, 1.165) is 5.56 Å². The van der Waals surface area contributed by atoms with Gasteiger partial charge in [-0.3, -0.25) is 14.4 Å². The summed E-state index contributed by atoms with van der Waals surface area (Å²) in [6.07, 6.45) is -0.572. The number of ether oxygens (including phenoxy) is 2. The van der Waals surface area contributed by atoms with E-state index in [1.807, 2.05) is 19.1 Å². The molecule has 214 valence electrons. The standard InChI is InChI=1S/C30H29F2N3O6/c1-18-9-12-24(35-28(39)29(13-14-29)21-10-11-22-23(17-21)41-30(31,32)40-22)34-26(18)19-6-5-7-20(16-19)27(38)33-15-4-2-3-8-25(36)37/h5-7,9-12,16-17H,2-4,8,13-15H2,1H3,(H,33,38)(H,36,37)(H,34,35,39). The lowest BCUT2D eigenvalue weighted by Gasteiger charge is -2.17. The van der Waals surface area contributed by atoms with E-state index < -0.39 is 17.7 Å². The van der Waals surface area contributed by atoms with Gasteiger partial charge in [-0.15, -0.1) is 8.78 Å². The second-order valence-electron chi connectivity index (χ2n) is 10.3. The number of hydrogen-bond donors (Lipinski definition) is 3. The SMILES string of the molecule is Cc1ccc(NC(=O)C2(c3ccc4c(c3)OC(F)(F)O4)CC2)nc1-c1cccc(C(=O)NCCCCCC(=O)O)c1. The van der Waals surface area contributed by atoms with E-state index in [-0.39, 0.29) is 29.7 Å². The summed E-state index contributed by atoms with van der Waals surface area (Å²) in [4.78, 5) is 41.3. The van der Waals surface area contributed by atoms with Crippen molar-refractivity contribution in [2.45, 2.75) is 57.2 Å². The lowest BCUT2D eigenvalue weighted by Crippen LogP contribution is -2.28. The van der Waals surface area contributed by atoms with Crippen molar-refractivity contribution < 1.29 is 37.7 Å². The quantitative estimate of drug-likeness (QED) is 0.265. The minimum Gasteiger partial charge on any atom is -0.481 e. The molecule has 2 heterocycles. The normalized spacial score (nSPS) is 15.7. The van der Waals surface area contributed by atoms with Crippen LogP contribution in [0.15, 0.2) is 54.6 Å². The van der Waals surface area contributed by atoms with Crippen LogP contribution in [0.2, 0.25) is 0 Å². The Morgan fingerprint density at radius 1 is 0.976 bits per heavy atom. The molecule has 0 spiro atoms. The van der Waals surface area contributed by atoms with E-state index in [4.69, 9.17) is 5.11 Å². The maximum Gasteiger partial charge on any atom is 0.586 e. The molecule has 9 nitrogen and oxygen atoms in total. The predicted molar refractivity (Wildman–Crippen MR) is 145 cm³/mol. The minimum atomic E-state index is -3.73. The Hall–Kier alpha value is -4.54. The number of rotatable bonds is 11. The largest absolute Gasteiger partial charge is 0.586 e. The van der Waals surface area contributed by atoms with Gasteiger partial charge in [-0.25, -0.2) is 4.98 Å². The number of aromatic nitrogens is 1. The van der Waals surface area contributed by atoms with E-state index in [1.165, 1.54) is 12.1 Å². The molecule has 0 atom stereocenters. The van der Waals surface area contributed by atoms with Crippen LogP contribution in [0.25, 0.3) is 11.3 Å². The Morgan fingerprint density at radius 2 is 1.76 bits per heavy atom. The number of unbranched alkanes of at least 4 members (excludes halogenated alkanes) is 2. The molecule has 2 aliphatic rings. The molecule has 11 heteroatoms. The fourth-order valence-corrected chi connectivity index (χ4v) is 4.83. The molecule has 1 aromatic heterocycles. The number of nitrogens with zero attached hydrogens (tertiary/aromatic N) is 1. The number of fused-ring (bicyclic) bond motifs is 1. The summed E-state index contributed by atoms with van der Waals surface area (Å²) in [6, 6.07) is 14.9. The zero-order valence-corrected chi connectivity index (χ0v) is 22.3. The zero-order chi connectivity index (χ0) is 29.2. The zero-order valence-electron chi connectivity index (χ0n) is 22.3. The maximum absolute atomic E-state index is 13.5. The van der Waals surface area contributed by atoms with Crippen LogP contribution in [0, 0.1) is 6.92 Å². The third-order valence-electron chi connectivity index (χ3n) is 7.23. The smallest absolute Gasteiger partial charge is 0.481 e. The first-order valence-electron chi connectivity index (χ1n) is 13.4. The first-order valence-corrected chi connectivity index (χ1v) is 13.4. The van der Waals surface area contributed by atoms with Crippen LogP contribution in [0.5, 0.6) is 11.5 Å². The van der Waals surface area contributed by atoms with Crippen molar-refractivity contribution in [2.75, 3.05) is 11.9 Å². The Morgan fingerprint density at radius 3 is 2.51 bits per heavy atom. The van der Waals surface area contributed by atoms with Crippen molar-refractivity contribution in [1.82, 2.24) is 10.3 Å². The Balaban J connectivity index is 1.26. The van der Waals surface area contributed by atoms with E-state index in [9.17, 15) is 23.2 Å². The second-order valence-corrected chi connectivity index (χ2v) is 10.3. The molecule has 0 bridgehead atoms. The summed E-state index contributed by atoms with van der Waals surface area (Å²) in [5.41, 5.74) is 2.27. The summed E-state index contributed by atoms with van der Waals surface area (Å²) >= 11 is 0. The number of anilines is 1. The number of alkyl halides is 2. The van der Waals surface area contributed by atoms with Gasteiger partial charge in [0.1, 0.15) is 5.82 Å². The molecular formula is C30H29F2N3O6. The maximum atomic E-state index is 13.5. The van der Waals surface area contributed by atoms with Gasteiger partial charge in [-0.2, -0.15) is 0 Å². The number of benzene rings is 2. The molecule has 5 rings (SSSR count). The van der Waals surface area contributed by atoms with Gasteiger partial charge in [0, 0.05) is 24.1 Å². The lowest BCUT2D eigenvalue weighted by atomic mass is 9.94. The van der Waals surface area contributed by atoms with Crippen molar-refractivity contribution in [3.63, 3.8) is 0 Å². The van der Waals surface area contributed by atoms with Crippen LogP contribution in [0.4, 0.5) is 14.6 Å². The average molecular weight is 566 g/mol. The van der Waals surface area contributed by atoms with Crippen molar-refractivity contribution in [2.24, 2.45) is 0 Å². The number of carboxylic acids is 1. The number of amides is 2. The Labute approximate surface area is 234 Å². The number of aliphatic carboxylic acids is 1. The summed E-state index contributed by atoms with van der Waals surface area (Å²) in [5.74, 6) is -1.24. The molecular weight excluding hydrogens is 536 g/mol. The van der Waals surface area contributed by atoms with Crippen LogP contribution in [0.3, 0.4) is 0 Å². The van der Waals surface area contributed by atoms with Crippen molar-refractivity contribution in [1.29, 1.82) is 0 Å². The van der Waals surface area contributed by atoms with Crippen molar-refractivity contribution >= 4 is 23.6 Å². The molecule has 1 fully saturated rings. The van der Waals surface area contributed by atoms with Gasteiger partial charge in [0.15, 0.2) is 11.5 Å². The minimum absolute atomic E-state index is 0.0774. The monoisotopic (exact) mass is 565 g/mol. The van der Waals surface area contributed by atoms with Crippen LogP contribution in [0.1, 0.15) is 60.0 Å². The molecule has 2 aromatic carbocycles. The van der Waals surface area contributed by atoms with Crippen LogP contribution in [-0.4, -0.2) is 40.7 Å². The molecule has 1 saturated carbocycles. The summed E-state index contributed by atoms with van der Waals surface area (Å²) < 4.78 is 35.9. The molecule has 0 unspecified atom stereocenters. The number of carboxylic acid groups (broad SMARTS) is 1.